The minimum Gasteiger partial charge on any atom is -0.374 e. The monoisotopic (exact) mass is 485 g/mol. The maximum absolute atomic E-state index is 12.9. The van der Waals surface area contributed by atoms with Crippen molar-refractivity contribution in [2.75, 3.05) is 23.3 Å². The van der Waals surface area contributed by atoms with E-state index in [9.17, 15) is 24.9 Å². The molecule has 2 aliphatic rings. The molecule has 2 aromatic rings. The predicted octanol–water partition coefficient (Wildman–Crippen LogP) is 2.59. The van der Waals surface area contributed by atoms with E-state index in [0.717, 1.165) is 11.1 Å². The molecule has 1 saturated heterocycles. The summed E-state index contributed by atoms with van der Waals surface area (Å²) in [5.41, 5.74) is 1.35. The molecular formula is C25H28ClN3O5. The molecule has 9 heteroatoms. The summed E-state index contributed by atoms with van der Waals surface area (Å²) in [6, 6.07) is 10.7. The smallest absolute Gasteiger partial charge is 0.374 e. The van der Waals surface area contributed by atoms with Crippen LogP contribution in [0.1, 0.15) is 37.0 Å². The Balaban J connectivity index is 1.81. The number of halogens is 1. The first kappa shape index (κ1) is 24.2. The lowest BCUT2D eigenvalue weighted by Crippen LogP contribution is -2.53. The summed E-state index contributed by atoms with van der Waals surface area (Å²) >= 11 is 6.42. The molecular weight excluding hydrogens is 458 g/mol. The molecule has 0 radical (unpaired) electrons. The number of nitrogens with zero attached hydrogens (tertiary/aromatic N) is 2. The van der Waals surface area contributed by atoms with Gasteiger partial charge in [0.1, 0.15) is 0 Å². The van der Waals surface area contributed by atoms with E-state index in [1.165, 1.54) is 6.08 Å². The highest BCUT2D eigenvalue weighted by atomic mass is 35.5. The van der Waals surface area contributed by atoms with Crippen molar-refractivity contribution in [3.05, 3.63) is 70.8 Å². The number of rotatable bonds is 5. The van der Waals surface area contributed by atoms with Gasteiger partial charge in [-0.05, 0) is 68.2 Å². The Hall–Kier alpha value is -2.91. The van der Waals surface area contributed by atoms with Gasteiger partial charge in [-0.1, -0.05) is 36.4 Å². The average Bonchev–Trinajstić information content (AvgIpc) is 3.27. The van der Waals surface area contributed by atoms with Crippen LogP contribution in [0.15, 0.2) is 49.1 Å². The van der Waals surface area contributed by atoms with E-state index < -0.39 is 23.0 Å². The van der Waals surface area contributed by atoms with E-state index in [-0.39, 0.29) is 11.6 Å². The predicted molar refractivity (Wildman–Crippen MR) is 129 cm³/mol. The van der Waals surface area contributed by atoms with Gasteiger partial charge in [0.05, 0.1) is 16.6 Å². The highest BCUT2D eigenvalue weighted by Crippen LogP contribution is 2.46. The van der Waals surface area contributed by atoms with Crippen LogP contribution in [-0.2, 0) is 20.5 Å². The van der Waals surface area contributed by atoms with Crippen molar-refractivity contribution in [3.63, 3.8) is 0 Å². The summed E-state index contributed by atoms with van der Waals surface area (Å²) in [6.07, 6.45) is -1.48. The first-order valence-electron chi connectivity index (χ1n) is 10.9. The highest BCUT2D eigenvalue weighted by Gasteiger charge is 2.51. The minimum absolute atomic E-state index is 0.179. The molecule has 1 fully saturated rings. The zero-order chi connectivity index (χ0) is 25.1. The molecule has 0 bridgehead atoms. The topological polar surface area (TPSA) is 113 Å². The summed E-state index contributed by atoms with van der Waals surface area (Å²) in [5, 5.41) is 33.8. The van der Waals surface area contributed by atoms with Gasteiger partial charge in [0.25, 0.3) is 0 Å². The van der Waals surface area contributed by atoms with Crippen molar-refractivity contribution in [2.45, 2.75) is 44.2 Å². The molecule has 180 valence electrons. The van der Waals surface area contributed by atoms with Gasteiger partial charge >= 0.3 is 6.10 Å². The Morgan fingerprint density at radius 2 is 1.91 bits per heavy atom. The first-order valence-corrected chi connectivity index (χ1v) is 11.3. The lowest BCUT2D eigenvalue weighted by Gasteiger charge is -2.34. The van der Waals surface area contributed by atoms with E-state index in [1.54, 1.807) is 43.0 Å². The van der Waals surface area contributed by atoms with Crippen LogP contribution in [0.5, 0.6) is 0 Å². The Morgan fingerprint density at radius 1 is 1.21 bits per heavy atom. The Bertz CT molecular complexity index is 1190. The Kier molecular flexibility index (Phi) is 5.77. The second-order valence-corrected chi connectivity index (χ2v) is 9.84. The fraction of sp³-hybridized carbons (Fsp3) is 0.360. The van der Waals surface area contributed by atoms with Gasteiger partial charge < -0.3 is 25.5 Å². The molecule has 8 nitrogen and oxygen atoms in total. The second-order valence-electron chi connectivity index (χ2n) is 9.43. The number of benzene rings is 2. The van der Waals surface area contributed by atoms with Crippen molar-refractivity contribution < 1.29 is 24.9 Å². The van der Waals surface area contributed by atoms with Gasteiger partial charge in [-0.25, -0.2) is 4.90 Å². The lowest BCUT2D eigenvalue weighted by molar-refractivity contribution is -0.306. The molecule has 0 saturated carbocycles. The van der Waals surface area contributed by atoms with Crippen LogP contribution >= 0.6 is 11.6 Å². The summed E-state index contributed by atoms with van der Waals surface area (Å²) in [5.74, 6) is -0.822. The van der Waals surface area contributed by atoms with E-state index >= 15 is 0 Å². The van der Waals surface area contributed by atoms with Crippen molar-refractivity contribution in [1.82, 2.24) is 4.90 Å². The van der Waals surface area contributed by atoms with Gasteiger partial charge in [-0.15, -0.1) is 0 Å². The van der Waals surface area contributed by atoms with Crippen LogP contribution in [-0.4, -0.2) is 51.2 Å². The molecule has 0 spiro atoms. The average molecular weight is 486 g/mol. The number of fused-ring (bicyclic) bond motifs is 1. The molecule has 2 heterocycles. The van der Waals surface area contributed by atoms with Crippen LogP contribution < -0.4 is 10.2 Å². The number of hydrogen-bond acceptors (Lipinski definition) is 6. The number of hydrogen-bond donors (Lipinski definition) is 4. The third-order valence-corrected chi connectivity index (χ3v) is 7.28. The van der Waals surface area contributed by atoms with Crippen molar-refractivity contribution >= 4 is 34.8 Å². The van der Waals surface area contributed by atoms with E-state index in [0.29, 0.717) is 40.7 Å². The van der Waals surface area contributed by atoms with Gasteiger partial charge in [-0.3, -0.25) is 9.59 Å². The molecule has 2 aromatic carbocycles. The summed E-state index contributed by atoms with van der Waals surface area (Å²) in [6.45, 7) is 9.67. The van der Waals surface area contributed by atoms with Gasteiger partial charge in [0.15, 0.2) is 0 Å². The van der Waals surface area contributed by atoms with Crippen LogP contribution in [0.25, 0.3) is 0 Å². The molecule has 1 unspecified atom stereocenters. The highest BCUT2D eigenvalue weighted by molar-refractivity contribution is 6.31. The third kappa shape index (κ3) is 3.76. The molecule has 34 heavy (non-hydrogen) atoms. The zero-order valence-electron chi connectivity index (χ0n) is 19.3. The standard InChI is InChI=1S/C25H28ClN3O5/c1-5-21(30)28-12-11-24(14-28,17-7-6-8-19(26)15(17)2)27-16-9-10-18-20(13-16)29(25(32,33)34)22(31)23(18,3)4/h5-10,13,27,32-34H,1,11-12,14H2,2-4H3. The van der Waals surface area contributed by atoms with Crippen molar-refractivity contribution in [1.29, 1.82) is 0 Å². The van der Waals surface area contributed by atoms with Crippen molar-refractivity contribution in [3.8, 4) is 0 Å². The fourth-order valence-electron chi connectivity index (χ4n) is 5.04. The summed E-state index contributed by atoms with van der Waals surface area (Å²) < 4.78 is 0. The van der Waals surface area contributed by atoms with Crippen LogP contribution in [0.2, 0.25) is 5.02 Å². The maximum Gasteiger partial charge on any atom is 0.376 e. The van der Waals surface area contributed by atoms with Crippen molar-refractivity contribution in [2.24, 2.45) is 0 Å². The number of aliphatic hydroxyl groups is 3. The minimum atomic E-state index is -3.35. The van der Waals surface area contributed by atoms with Crippen LogP contribution in [0.3, 0.4) is 0 Å². The number of carbonyl (C=O) groups excluding carboxylic acids is 2. The lowest BCUT2D eigenvalue weighted by atomic mass is 9.84. The molecule has 4 rings (SSSR count). The number of nitrogens with one attached hydrogen (secondary N) is 1. The molecule has 2 amide bonds. The zero-order valence-corrected chi connectivity index (χ0v) is 20.1. The van der Waals surface area contributed by atoms with E-state index in [4.69, 9.17) is 11.6 Å². The van der Waals surface area contributed by atoms with E-state index in [1.807, 2.05) is 19.1 Å². The normalized spacial score (nSPS) is 21.6. The molecule has 2 aliphatic heterocycles. The summed E-state index contributed by atoms with van der Waals surface area (Å²) in [4.78, 5) is 27.5. The number of amides is 2. The van der Waals surface area contributed by atoms with Gasteiger partial charge in [0, 0.05) is 23.8 Å². The summed E-state index contributed by atoms with van der Waals surface area (Å²) in [7, 11) is 0. The Labute approximate surface area is 203 Å². The second kappa shape index (κ2) is 8.09. The molecule has 0 aromatic heterocycles. The SMILES string of the molecule is C=CC(=O)N1CCC(Nc2ccc3c(c2)N(C(O)(O)O)C(=O)C3(C)C)(c2cccc(Cl)c2C)C1. The van der Waals surface area contributed by atoms with Crippen LogP contribution in [0.4, 0.5) is 11.4 Å². The number of anilines is 2. The quantitative estimate of drug-likeness (QED) is 0.382. The van der Waals surface area contributed by atoms with Crippen LogP contribution in [0, 0.1) is 6.92 Å². The van der Waals surface area contributed by atoms with Gasteiger partial charge in [0.2, 0.25) is 11.8 Å². The molecule has 1 atom stereocenters. The maximum atomic E-state index is 12.9. The number of likely N-dealkylation sites (tertiary alicyclic amines) is 1. The van der Waals surface area contributed by atoms with E-state index in [2.05, 4.69) is 11.9 Å². The largest absolute Gasteiger partial charge is 0.376 e. The number of carbonyl (C=O) groups is 2. The molecule has 4 N–H and O–H groups in total. The molecule has 0 aliphatic carbocycles. The Morgan fingerprint density at radius 3 is 2.56 bits per heavy atom. The third-order valence-electron chi connectivity index (χ3n) is 6.87. The first-order chi connectivity index (χ1) is 15.8. The van der Waals surface area contributed by atoms with Gasteiger partial charge in [-0.2, -0.15) is 0 Å². The fourth-order valence-corrected chi connectivity index (χ4v) is 5.22.